The molecular weight excluding hydrogens is 370 g/mol. The summed E-state index contributed by atoms with van der Waals surface area (Å²) in [6.45, 7) is 3.40. The summed E-state index contributed by atoms with van der Waals surface area (Å²) in [4.78, 5) is 24.4. The van der Waals surface area contributed by atoms with E-state index in [1.54, 1.807) is 11.3 Å². The molecule has 0 radical (unpaired) electrons. The van der Waals surface area contributed by atoms with E-state index in [4.69, 9.17) is 11.6 Å². The van der Waals surface area contributed by atoms with Crippen molar-refractivity contribution in [1.82, 2.24) is 9.97 Å². The molecule has 1 fully saturated rings. The summed E-state index contributed by atoms with van der Waals surface area (Å²) in [5.74, 6) is -0.184. The van der Waals surface area contributed by atoms with Crippen LogP contribution in [-0.2, 0) is 4.79 Å². The fraction of sp³-hybridized carbons (Fsp3) is 0.316. The number of halogens is 1. The average molecular weight is 388 g/mol. The van der Waals surface area contributed by atoms with Gasteiger partial charge in [0.25, 0.3) is 0 Å². The van der Waals surface area contributed by atoms with Crippen LogP contribution in [0, 0.1) is 12.8 Å². The number of hydrogen-bond acceptors (Lipinski definition) is 5. The van der Waals surface area contributed by atoms with Crippen molar-refractivity contribution in [3.63, 3.8) is 0 Å². The van der Waals surface area contributed by atoms with Gasteiger partial charge < -0.3 is 10.0 Å². The Labute approximate surface area is 160 Å². The molecule has 0 saturated carbocycles. The molecule has 1 aromatic carbocycles. The van der Waals surface area contributed by atoms with Crippen LogP contribution in [-0.4, -0.2) is 34.1 Å². The van der Waals surface area contributed by atoms with Crippen LogP contribution < -0.4 is 4.90 Å². The average Bonchev–Trinajstić information content (AvgIpc) is 2.97. The number of carboxylic acids is 1. The predicted octanol–water partition coefficient (Wildman–Crippen LogP) is 4.62. The number of benzene rings is 1. The normalized spacial score (nSPS) is 15.5. The third-order valence-electron chi connectivity index (χ3n) is 4.89. The first kappa shape index (κ1) is 17.2. The molecular formula is C19H18ClN3O2S. The Morgan fingerprint density at radius 2 is 1.92 bits per heavy atom. The second kappa shape index (κ2) is 6.85. The Bertz CT molecular complexity index is 966. The first-order valence-corrected chi connectivity index (χ1v) is 9.74. The zero-order chi connectivity index (χ0) is 18.3. The second-order valence-electron chi connectivity index (χ2n) is 6.50. The maximum atomic E-state index is 11.2. The largest absolute Gasteiger partial charge is 0.481 e. The van der Waals surface area contributed by atoms with Crippen molar-refractivity contribution in [3.05, 3.63) is 40.5 Å². The molecule has 3 heterocycles. The lowest BCUT2D eigenvalue weighted by atomic mass is 9.96. The van der Waals surface area contributed by atoms with E-state index in [2.05, 4.69) is 33.9 Å². The van der Waals surface area contributed by atoms with Crippen LogP contribution in [0.25, 0.3) is 21.3 Å². The number of carbonyl (C=O) groups is 1. The molecule has 4 rings (SSSR count). The van der Waals surface area contributed by atoms with Crippen LogP contribution in [0.2, 0.25) is 5.28 Å². The third-order valence-corrected chi connectivity index (χ3v) is 6.06. The standard InChI is InChI=1S/C19H18ClN3O2S/c1-11-14(12-5-3-2-4-6-12)15-16(21-19(20)22-17(15)26-11)23-9-7-13(8-10-23)18(24)25/h2-6,13H,7-10H2,1H3,(H,24,25). The highest BCUT2D eigenvalue weighted by Gasteiger charge is 2.28. The number of carboxylic acid groups (broad SMARTS) is 1. The van der Waals surface area contributed by atoms with Gasteiger partial charge >= 0.3 is 5.97 Å². The molecule has 0 atom stereocenters. The molecule has 26 heavy (non-hydrogen) atoms. The number of aliphatic carboxylic acids is 1. The number of rotatable bonds is 3. The minimum Gasteiger partial charge on any atom is -0.481 e. The molecule has 0 amide bonds. The minimum absolute atomic E-state index is 0.230. The van der Waals surface area contributed by atoms with Gasteiger partial charge in [-0.2, -0.15) is 4.98 Å². The fourth-order valence-electron chi connectivity index (χ4n) is 3.59. The summed E-state index contributed by atoms with van der Waals surface area (Å²) in [6, 6.07) is 10.2. The minimum atomic E-state index is -0.716. The summed E-state index contributed by atoms with van der Waals surface area (Å²) in [6.07, 6.45) is 1.23. The van der Waals surface area contributed by atoms with Gasteiger partial charge in [-0.05, 0) is 36.9 Å². The van der Waals surface area contributed by atoms with Crippen molar-refractivity contribution >= 4 is 44.9 Å². The van der Waals surface area contributed by atoms with Gasteiger partial charge in [0, 0.05) is 23.5 Å². The first-order valence-electron chi connectivity index (χ1n) is 8.54. The van der Waals surface area contributed by atoms with Gasteiger partial charge in [0.1, 0.15) is 10.6 Å². The topological polar surface area (TPSA) is 66.3 Å². The molecule has 1 N–H and O–H groups in total. The van der Waals surface area contributed by atoms with E-state index in [-0.39, 0.29) is 11.2 Å². The van der Waals surface area contributed by atoms with Gasteiger partial charge in [-0.25, -0.2) is 4.98 Å². The second-order valence-corrected chi connectivity index (χ2v) is 8.04. The van der Waals surface area contributed by atoms with Gasteiger partial charge in [-0.3, -0.25) is 4.79 Å². The Kier molecular flexibility index (Phi) is 4.54. The number of nitrogens with zero attached hydrogens (tertiary/aromatic N) is 3. The lowest BCUT2D eigenvalue weighted by molar-refractivity contribution is -0.142. The van der Waals surface area contributed by atoms with Crippen molar-refractivity contribution < 1.29 is 9.90 Å². The zero-order valence-corrected chi connectivity index (χ0v) is 15.8. The third kappa shape index (κ3) is 3.04. The molecule has 134 valence electrons. The first-order chi connectivity index (χ1) is 12.5. The van der Waals surface area contributed by atoms with Crippen LogP contribution in [0.1, 0.15) is 17.7 Å². The Morgan fingerprint density at radius 1 is 1.23 bits per heavy atom. The number of hydrogen-bond donors (Lipinski definition) is 1. The number of piperidine rings is 1. The van der Waals surface area contributed by atoms with Crippen molar-refractivity contribution in [2.45, 2.75) is 19.8 Å². The molecule has 0 aliphatic carbocycles. The molecule has 1 aliphatic heterocycles. The van der Waals surface area contributed by atoms with Crippen LogP contribution in [0.5, 0.6) is 0 Å². The van der Waals surface area contributed by atoms with Gasteiger partial charge in [-0.15, -0.1) is 11.3 Å². The number of aromatic nitrogens is 2. The zero-order valence-electron chi connectivity index (χ0n) is 14.3. The highest BCUT2D eigenvalue weighted by molar-refractivity contribution is 7.19. The maximum absolute atomic E-state index is 11.2. The van der Waals surface area contributed by atoms with Crippen LogP contribution in [0.3, 0.4) is 0 Å². The van der Waals surface area contributed by atoms with E-state index in [9.17, 15) is 9.90 Å². The summed E-state index contributed by atoms with van der Waals surface area (Å²) >= 11 is 7.81. The summed E-state index contributed by atoms with van der Waals surface area (Å²) < 4.78 is 0. The Morgan fingerprint density at radius 3 is 2.58 bits per heavy atom. The lowest BCUT2D eigenvalue weighted by Gasteiger charge is -2.31. The van der Waals surface area contributed by atoms with E-state index in [0.717, 1.165) is 27.2 Å². The fourth-order valence-corrected chi connectivity index (χ4v) is 4.84. The molecule has 5 nitrogen and oxygen atoms in total. The van der Waals surface area contributed by atoms with E-state index in [0.29, 0.717) is 25.9 Å². The van der Waals surface area contributed by atoms with E-state index in [1.807, 2.05) is 18.2 Å². The molecule has 1 saturated heterocycles. The van der Waals surface area contributed by atoms with Crippen LogP contribution >= 0.6 is 22.9 Å². The monoisotopic (exact) mass is 387 g/mol. The number of thiophene rings is 1. The lowest BCUT2D eigenvalue weighted by Crippen LogP contribution is -2.37. The highest BCUT2D eigenvalue weighted by Crippen LogP contribution is 2.42. The number of aryl methyl sites for hydroxylation is 1. The molecule has 0 spiro atoms. The molecule has 2 aromatic heterocycles. The van der Waals surface area contributed by atoms with E-state index >= 15 is 0 Å². The number of fused-ring (bicyclic) bond motifs is 1. The molecule has 1 aliphatic rings. The van der Waals surface area contributed by atoms with Gasteiger partial charge in [0.05, 0.1) is 11.3 Å². The SMILES string of the molecule is Cc1sc2nc(Cl)nc(N3CCC(C(=O)O)CC3)c2c1-c1ccccc1. The Balaban J connectivity index is 1.83. The molecule has 7 heteroatoms. The Hall–Kier alpha value is -2.18. The van der Waals surface area contributed by atoms with Crippen LogP contribution in [0.4, 0.5) is 5.82 Å². The van der Waals surface area contributed by atoms with E-state index in [1.165, 1.54) is 4.88 Å². The van der Waals surface area contributed by atoms with Crippen LogP contribution in [0.15, 0.2) is 30.3 Å². The molecule has 0 bridgehead atoms. The van der Waals surface area contributed by atoms with Crippen molar-refractivity contribution in [2.24, 2.45) is 5.92 Å². The summed E-state index contributed by atoms with van der Waals surface area (Å²) in [5, 5.41) is 10.5. The maximum Gasteiger partial charge on any atom is 0.306 e. The molecule has 0 unspecified atom stereocenters. The predicted molar refractivity (Wildman–Crippen MR) is 105 cm³/mol. The smallest absolute Gasteiger partial charge is 0.306 e. The molecule has 3 aromatic rings. The summed E-state index contributed by atoms with van der Waals surface area (Å²) in [7, 11) is 0. The highest BCUT2D eigenvalue weighted by atomic mass is 35.5. The van der Waals surface area contributed by atoms with Crippen molar-refractivity contribution in [3.8, 4) is 11.1 Å². The van der Waals surface area contributed by atoms with Gasteiger partial charge in [-0.1, -0.05) is 30.3 Å². The van der Waals surface area contributed by atoms with Crippen molar-refractivity contribution in [2.75, 3.05) is 18.0 Å². The van der Waals surface area contributed by atoms with Gasteiger partial charge in [0.2, 0.25) is 5.28 Å². The van der Waals surface area contributed by atoms with Crippen molar-refractivity contribution in [1.29, 1.82) is 0 Å². The number of anilines is 1. The quantitative estimate of drug-likeness (QED) is 0.664. The summed E-state index contributed by atoms with van der Waals surface area (Å²) in [5.41, 5.74) is 2.27. The van der Waals surface area contributed by atoms with Gasteiger partial charge in [0.15, 0.2) is 0 Å². The van der Waals surface area contributed by atoms with E-state index < -0.39 is 5.97 Å².